The fourth-order valence-electron chi connectivity index (χ4n) is 2.57. The van der Waals surface area contributed by atoms with Gasteiger partial charge in [0.1, 0.15) is 5.75 Å². The van der Waals surface area contributed by atoms with Gasteiger partial charge in [0.25, 0.3) is 0 Å². The van der Waals surface area contributed by atoms with Gasteiger partial charge in [-0.3, -0.25) is 0 Å². The molecule has 1 N–H and O–H groups in total. The van der Waals surface area contributed by atoms with Crippen molar-refractivity contribution >= 4 is 0 Å². The van der Waals surface area contributed by atoms with E-state index < -0.39 is 0 Å². The zero-order valence-corrected chi connectivity index (χ0v) is 10.9. The third kappa shape index (κ3) is 2.61. The van der Waals surface area contributed by atoms with Crippen LogP contribution in [0, 0.1) is 0 Å². The van der Waals surface area contributed by atoms with Crippen LogP contribution in [0.4, 0.5) is 0 Å². The smallest absolute Gasteiger partial charge is 0.213 e. The van der Waals surface area contributed by atoms with Gasteiger partial charge in [-0.1, -0.05) is 11.2 Å². The van der Waals surface area contributed by atoms with Crippen molar-refractivity contribution in [2.45, 2.75) is 31.9 Å². The van der Waals surface area contributed by atoms with Crippen LogP contribution in [0.25, 0.3) is 0 Å². The molecule has 1 aliphatic rings. The van der Waals surface area contributed by atoms with Crippen molar-refractivity contribution < 1.29 is 9.26 Å². The molecule has 5 heteroatoms. The molecule has 1 atom stereocenters. The lowest BCUT2D eigenvalue weighted by Gasteiger charge is -2.25. The van der Waals surface area contributed by atoms with Crippen LogP contribution < -0.4 is 10.1 Å². The minimum absolute atomic E-state index is 0.333. The fraction of sp³-hybridized carbons (Fsp3) is 0.429. The number of rotatable bonds is 4. The van der Waals surface area contributed by atoms with Crippen molar-refractivity contribution in [3.8, 4) is 5.75 Å². The van der Waals surface area contributed by atoms with Crippen LogP contribution >= 0.6 is 0 Å². The van der Waals surface area contributed by atoms with E-state index in [1.165, 1.54) is 30.4 Å². The first-order chi connectivity index (χ1) is 9.36. The lowest BCUT2D eigenvalue weighted by Crippen LogP contribution is -2.21. The second kappa shape index (κ2) is 5.40. The Morgan fingerprint density at radius 1 is 1.47 bits per heavy atom. The van der Waals surface area contributed by atoms with Gasteiger partial charge >= 0.3 is 0 Å². The Hall–Kier alpha value is -1.88. The molecule has 1 heterocycles. The maximum absolute atomic E-state index is 5.70. The number of hydrogen-bond donors (Lipinski definition) is 1. The Morgan fingerprint density at radius 2 is 2.42 bits per heavy atom. The first-order valence-corrected chi connectivity index (χ1v) is 6.55. The molecule has 1 aliphatic carbocycles. The molecule has 2 aromatic rings. The number of aromatic nitrogens is 2. The van der Waals surface area contributed by atoms with E-state index in [0.717, 1.165) is 12.2 Å². The summed E-state index contributed by atoms with van der Waals surface area (Å²) in [6.07, 6.45) is 4.88. The van der Waals surface area contributed by atoms with Crippen molar-refractivity contribution in [2.75, 3.05) is 7.05 Å². The summed E-state index contributed by atoms with van der Waals surface area (Å²) in [7, 11) is 2.01. The van der Waals surface area contributed by atoms with E-state index in [0.29, 0.717) is 18.5 Å². The third-order valence-corrected chi connectivity index (χ3v) is 3.56. The molecule has 0 bridgehead atoms. The van der Waals surface area contributed by atoms with Gasteiger partial charge in [-0.2, -0.15) is 4.98 Å². The maximum atomic E-state index is 5.70. The average Bonchev–Trinajstić information content (AvgIpc) is 2.97. The standard InChI is InChI=1S/C14H17N3O2/c1-15-13-4-2-3-10-5-6-11(7-12(10)13)18-8-14-16-9-19-17-14/h5-7,9,13,15H,2-4,8H2,1H3. The molecule has 0 saturated carbocycles. The molecule has 0 saturated heterocycles. The normalized spacial score (nSPS) is 18.1. The van der Waals surface area contributed by atoms with Gasteiger partial charge in [-0.25, -0.2) is 0 Å². The molecule has 19 heavy (non-hydrogen) atoms. The van der Waals surface area contributed by atoms with Crippen molar-refractivity contribution in [3.63, 3.8) is 0 Å². The van der Waals surface area contributed by atoms with E-state index in [2.05, 4.69) is 32.1 Å². The van der Waals surface area contributed by atoms with Gasteiger partial charge in [0.15, 0.2) is 6.61 Å². The third-order valence-electron chi connectivity index (χ3n) is 3.56. The Kier molecular flexibility index (Phi) is 3.46. The number of ether oxygens (including phenoxy) is 1. The van der Waals surface area contributed by atoms with Crippen molar-refractivity contribution in [1.29, 1.82) is 0 Å². The minimum Gasteiger partial charge on any atom is -0.485 e. The quantitative estimate of drug-likeness (QED) is 0.912. The molecule has 100 valence electrons. The molecule has 5 nitrogen and oxygen atoms in total. The molecule has 0 radical (unpaired) electrons. The predicted octanol–water partition coefficient (Wildman–Crippen LogP) is 2.25. The predicted molar refractivity (Wildman–Crippen MR) is 69.8 cm³/mol. The van der Waals surface area contributed by atoms with E-state index in [-0.39, 0.29) is 0 Å². The number of hydrogen-bond acceptors (Lipinski definition) is 5. The van der Waals surface area contributed by atoms with Crippen LogP contribution in [0.5, 0.6) is 5.75 Å². The summed E-state index contributed by atoms with van der Waals surface area (Å²) < 4.78 is 10.4. The maximum Gasteiger partial charge on any atom is 0.213 e. The largest absolute Gasteiger partial charge is 0.485 e. The highest BCUT2D eigenvalue weighted by Gasteiger charge is 2.19. The molecule has 1 unspecified atom stereocenters. The van der Waals surface area contributed by atoms with E-state index >= 15 is 0 Å². The Labute approximate surface area is 112 Å². The van der Waals surface area contributed by atoms with Gasteiger partial charge < -0.3 is 14.6 Å². The van der Waals surface area contributed by atoms with Crippen LogP contribution in [0.2, 0.25) is 0 Å². The summed E-state index contributed by atoms with van der Waals surface area (Å²) in [5.74, 6) is 1.41. The summed E-state index contributed by atoms with van der Waals surface area (Å²) in [5.41, 5.74) is 2.76. The van der Waals surface area contributed by atoms with Gasteiger partial charge in [-0.15, -0.1) is 0 Å². The Morgan fingerprint density at radius 3 is 3.21 bits per heavy atom. The summed E-state index contributed by atoms with van der Waals surface area (Å²) in [6, 6.07) is 6.72. The zero-order valence-electron chi connectivity index (χ0n) is 10.9. The number of benzene rings is 1. The molecular weight excluding hydrogens is 242 g/mol. The molecule has 3 rings (SSSR count). The van der Waals surface area contributed by atoms with E-state index in [4.69, 9.17) is 4.74 Å². The molecule has 0 amide bonds. The highest BCUT2D eigenvalue weighted by Crippen LogP contribution is 2.32. The van der Waals surface area contributed by atoms with Crippen LogP contribution in [-0.4, -0.2) is 17.2 Å². The molecule has 0 fully saturated rings. The highest BCUT2D eigenvalue weighted by molar-refractivity contribution is 5.39. The number of fused-ring (bicyclic) bond motifs is 1. The monoisotopic (exact) mass is 259 g/mol. The minimum atomic E-state index is 0.333. The van der Waals surface area contributed by atoms with Gasteiger partial charge in [0, 0.05) is 6.04 Å². The van der Waals surface area contributed by atoms with Crippen LogP contribution in [-0.2, 0) is 13.0 Å². The lowest BCUT2D eigenvalue weighted by molar-refractivity contribution is 0.285. The van der Waals surface area contributed by atoms with Crippen molar-refractivity contribution in [2.24, 2.45) is 0 Å². The van der Waals surface area contributed by atoms with Crippen LogP contribution in [0.1, 0.15) is 35.8 Å². The van der Waals surface area contributed by atoms with Gasteiger partial charge in [0.2, 0.25) is 12.2 Å². The SMILES string of the molecule is CNC1CCCc2ccc(OCc3ncon3)cc21. The van der Waals surface area contributed by atoms with Crippen molar-refractivity contribution in [3.05, 3.63) is 41.5 Å². The highest BCUT2D eigenvalue weighted by atomic mass is 16.5. The Balaban J connectivity index is 1.76. The second-order valence-corrected chi connectivity index (χ2v) is 4.73. The van der Waals surface area contributed by atoms with Crippen LogP contribution in [0.15, 0.2) is 29.1 Å². The van der Waals surface area contributed by atoms with E-state index in [1.807, 2.05) is 13.1 Å². The molecule has 1 aromatic heterocycles. The first kappa shape index (κ1) is 12.2. The molecule has 0 spiro atoms. The van der Waals surface area contributed by atoms with Gasteiger partial charge in [0.05, 0.1) is 0 Å². The van der Waals surface area contributed by atoms with E-state index in [9.17, 15) is 0 Å². The summed E-state index contributed by atoms with van der Waals surface area (Å²) in [6.45, 7) is 0.333. The van der Waals surface area contributed by atoms with E-state index in [1.54, 1.807) is 0 Å². The summed E-state index contributed by atoms with van der Waals surface area (Å²) in [4.78, 5) is 3.93. The topological polar surface area (TPSA) is 60.2 Å². The Bertz CT molecular complexity index is 540. The molecule has 1 aromatic carbocycles. The second-order valence-electron chi connectivity index (χ2n) is 4.73. The van der Waals surface area contributed by atoms with Gasteiger partial charge in [-0.05, 0) is 49.6 Å². The lowest BCUT2D eigenvalue weighted by atomic mass is 9.87. The van der Waals surface area contributed by atoms with Crippen molar-refractivity contribution in [1.82, 2.24) is 15.5 Å². The first-order valence-electron chi connectivity index (χ1n) is 6.55. The summed E-state index contributed by atoms with van der Waals surface area (Å²) in [5, 5.41) is 7.09. The average molecular weight is 259 g/mol. The number of nitrogens with one attached hydrogen (secondary N) is 1. The van der Waals surface area contributed by atoms with Crippen LogP contribution in [0.3, 0.4) is 0 Å². The molecular formula is C14H17N3O2. The summed E-state index contributed by atoms with van der Waals surface area (Å²) >= 11 is 0. The number of nitrogens with zero attached hydrogens (tertiary/aromatic N) is 2. The molecule has 0 aliphatic heterocycles. The fourth-order valence-corrected chi connectivity index (χ4v) is 2.57. The number of aryl methyl sites for hydroxylation is 1. The zero-order chi connectivity index (χ0) is 13.1.